The van der Waals surface area contributed by atoms with Gasteiger partial charge in [-0.25, -0.2) is 17.5 Å². The molecule has 1 aromatic rings. The van der Waals surface area contributed by atoms with Crippen LogP contribution in [-0.2, 0) is 16.6 Å². The minimum absolute atomic E-state index is 0.177. The lowest BCUT2D eigenvalue weighted by atomic mass is 10.0. The Morgan fingerprint density at radius 3 is 2.43 bits per heavy atom. The molecule has 0 aliphatic rings. The van der Waals surface area contributed by atoms with Crippen LogP contribution in [0.25, 0.3) is 0 Å². The van der Waals surface area contributed by atoms with Crippen LogP contribution < -0.4 is 10.5 Å². The van der Waals surface area contributed by atoms with Gasteiger partial charge in [-0.2, -0.15) is 0 Å². The van der Waals surface area contributed by atoms with Gasteiger partial charge in [-0.1, -0.05) is 32.8 Å². The Hall–Kier alpha value is -0.980. The summed E-state index contributed by atoms with van der Waals surface area (Å²) in [6, 6.07) is 3.74. The van der Waals surface area contributed by atoms with E-state index in [1.807, 2.05) is 0 Å². The first kappa shape index (κ1) is 18.1. The zero-order chi connectivity index (χ0) is 16.0. The summed E-state index contributed by atoms with van der Waals surface area (Å²) in [6.45, 7) is 6.23. The normalized spacial score (nSPS) is 13.6. The third-order valence-electron chi connectivity index (χ3n) is 3.30. The predicted molar refractivity (Wildman–Crippen MR) is 82.8 cm³/mol. The first-order chi connectivity index (χ1) is 9.76. The molecule has 0 aliphatic carbocycles. The van der Waals surface area contributed by atoms with Crippen LogP contribution in [0.15, 0.2) is 23.1 Å². The number of halogens is 1. The Kier molecular flexibility index (Phi) is 6.77. The van der Waals surface area contributed by atoms with Crippen LogP contribution in [-0.4, -0.2) is 14.5 Å². The highest BCUT2D eigenvalue weighted by Crippen LogP contribution is 2.17. The van der Waals surface area contributed by atoms with Crippen molar-refractivity contribution in [3.05, 3.63) is 29.6 Å². The second-order valence-corrected chi connectivity index (χ2v) is 7.50. The molecule has 0 fully saturated rings. The summed E-state index contributed by atoms with van der Waals surface area (Å²) in [5.74, 6) is -0.171. The number of benzene rings is 1. The van der Waals surface area contributed by atoms with Crippen molar-refractivity contribution >= 4 is 10.0 Å². The molecule has 0 spiro atoms. The second kappa shape index (κ2) is 7.87. The maximum Gasteiger partial charge on any atom is 0.243 e. The van der Waals surface area contributed by atoms with Crippen LogP contribution in [0.4, 0.5) is 4.39 Å². The number of hydrogen-bond acceptors (Lipinski definition) is 3. The molecule has 0 bridgehead atoms. The number of rotatable bonds is 8. The molecule has 0 radical (unpaired) electrons. The zero-order valence-electron chi connectivity index (χ0n) is 12.9. The molecule has 3 N–H and O–H groups in total. The molecular weight excluding hydrogens is 291 g/mol. The van der Waals surface area contributed by atoms with Crippen molar-refractivity contribution in [1.29, 1.82) is 0 Å². The topological polar surface area (TPSA) is 72.2 Å². The molecule has 4 nitrogen and oxygen atoms in total. The highest BCUT2D eigenvalue weighted by molar-refractivity contribution is 7.89. The molecule has 1 aromatic carbocycles. The molecular formula is C15H25FN2O2S. The fraction of sp³-hybridized carbons (Fsp3) is 0.600. The van der Waals surface area contributed by atoms with Crippen molar-refractivity contribution in [2.75, 3.05) is 0 Å². The van der Waals surface area contributed by atoms with E-state index in [-0.39, 0.29) is 17.5 Å². The van der Waals surface area contributed by atoms with E-state index in [0.29, 0.717) is 11.5 Å². The van der Waals surface area contributed by atoms with E-state index in [9.17, 15) is 12.8 Å². The molecule has 0 saturated carbocycles. The largest absolute Gasteiger partial charge is 0.326 e. The van der Waals surface area contributed by atoms with E-state index < -0.39 is 15.8 Å². The number of hydrogen-bond donors (Lipinski definition) is 2. The lowest BCUT2D eigenvalue weighted by molar-refractivity contribution is 0.486. The summed E-state index contributed by atoms with van der Waals surface area (Å²) in [6.07, 6.45) is 2.72. The van der Waals surface area contributed by atoms with E-state index in [4.69, 9.17) is 5.73 Å². The number of nitrogens with one attached hydrogen (secondary N) is 1. The standard InChI is InChI=1S/C15H25FN2O2S/c1-11(2)5-4-6-12(3)18-21(19,20)15-8-7-13(10-17)9-14(15)16/h7-9,11-12,18H,4-6,10,17H2,1-3H3. The van der Waals surface area contributed by atoms with Crippen LogP contribution in [0.3, 0.4) is 0 Å². The van der Waals surface area contributed by atoms with Gasteiger partial charge < -0.3 is 5.73 Å². The fourth-order valence-corrected chi connectivity index (χ4v) is 3.45. The summed E-state index contributed by atoms with van der Waals surface area (Å²) < 4.78 is 40.7. The molecule has 0 amide bonds. The van der Waals surface area contributed by atoms with Crippen LogP contribution >= 0.6 is 0 Å². The summed E-state index contributed by atoms with van der Waals surface area (Å²) in [4.78, 5) is -0.324. The van der Waals surface area contributed by atoms with Gasteiger partial charge in [0.1, 0.15) is 10.7 Å². The van der Waals surface area contributed by atoms with Crippen LogP contribution in [0, 0.1) is 11.7 Å². The first-order valence-electron chi connectivity index (χ1n) is 7.27. The van der Waals surface area contributed by atoms with Gasteiger partial charge in [-0.3, -0.25) is 0 Å². The lowest BCUT2D eigenvalue weighted by Crippen LogP contribution is -2.33. The van der Waals surface area contributed by atoms with Crippen LogP contribution in [0.5, 0.6) is 0 Å². The van der Waals surface area contributed by atoms with Gasteiger partial charge in [0.15, 0.2) is 0 Å². The van der Waals surface area contributed by atoms with Gasteiger partial charge in [-0.05, 0) is 37.0 Å². The van der Waals surface area contributed by atoms with Gasteiger partial charge >= 0.3 is 0 Å². The number of sulfonamides is 1. The van der Waals surface area contributed by atoms with E-state index in [0.717, 1.165) is 25.3 Å². The summed E-state index contributed by atoms with van der Waals surface area (Å²) in [7, 11) is -3.83. The smallest absolute Gasteiger partial charge is 0.243 e. The van der Waals surface area contributed by atoms with Gasteiger partial charge in [0.05, 0.1) is 0 Å². The molecule has 120 valence electrons. The molecule has 0 heterocycles. The van der Waals surface area contributed by atoms with Gasteiger partial charge in [0, 0.05) is 12.6 Å². The summed E-state index contributed by atoms with van der Waals surface area (Å²) >= 11 is 0. The second-order valence-electron chi connectivity index (χ2n) is 5.82. The van der Waals surface area contributed by atoms with Crippen molar-refractivity contribution in [2.24, 2.45) is 11.7 Å². The quantitative estimate of drug-likeness (QED) is 0.774. The molecule has 1 atom stereocenters. The summed E-state index contributed by atoms with van der Waals surface area (Å²) in [5, 5.41) is 0. The Balaban J connectivity index is 2.73. The Morgan fingerprint density at radius 1 is 1.24 bits per heavy atom. The lowest BCUT2D eigenvalue weighted by Gasteiger charge is -2.15. The molecule has 21 heavy (non-hydrogen) atoms. The molecule has 6 heteroatoms. The van der Waals surface area contributed by atoms with Crippen molar-refractivity contribution in [3.63, 3.8) is 0 Å². The monoisotopic (exact) mass is 316 g/mol. The third-order valence-corrected chi connectivity index (χ3v) is 4.92. The molecule has 0 saturated heterocycles. The van der Waals surface area contributed by atoms with E-state index in [1.165, 1.54) is 12.1 Å². The van der Waals surface area contributed by atoms with Gasteiger partial charge in [0.25, 0.3) is 0 Å². The van der Waals surface area contributed by atoms with Crippen molar-refractivity contribution in [2.45, 2.75) is 57.5 Å². The predicted octanol–water partition coefficient (Wildman–Crippen LogP) is 2.78. The average Bonchev–Trinajstić information content (AvgIpc) is 2.36. The van der Waals surface area contributed by atoms with E-state index >= 15 is 0 Å². The van der Waals surface area contributed by atoms with Crippen molar-refractivity contribution in [1.82, 2.24) is 4.72 Å². The minimum Gasteiger partial charge on any atom is -0.326 e. The van der Waals surface area contributed by atoms with Crippen molar-refractivity contribution < 1.29 is 12.8 Å². The first-order valence-corrected chi connectivity index (χ1v) is 8.75. The summed E-state index contributed by atoms with van der Waals surface area (Å²) in [5.41, 5.74) is 5.97. The zero-order valence-corrected chi connectivity index (χ0v) is 13.7. The Bertz CT molecular complexity index is 559. The fourth-order valence-electron chi connectivity index (χ4n) is 2.11. The molecule has 0 aliphatic heterocycles. The maximum absolute atomic E-state index is 13.9. The Labute approximate surface area is 127 Å². The SMILES string of the molecule is CC(C)CCCC(C)NS(=O)(=O)c1ccc(CN)cc1F. The third kappa shape index (κ3) is 5.73. The average molecular weight is 316 g/mol. The van der Waals surface area contributed by atoms with E-state index in [2.05, 4.69) is 18.6 Å². The molecule has 0 aromatic heterocycles. The van der Waals surface area contributed by atoms with E-state index in [1.54, 1.807) is 6.92 Å². The molecule has 1 unspecified atom stereocenters. The highest BCUT2D eigenvalue weighted by atomic mass is 32.2. The highest BCUT2D eigenvalue weighted by Gasteiger charge is 2.21. The minimum atomic E-state index is -3.83. The van der Waals surface area contributed by atoms with Gasteiger partial charge in [0.2, 0.25) is 10.0 Å². The van der Waals surface area contributed by atoms with Gasteiger partial charge in [-0.15, -0.1) is 0 Å². The van der Waals surface area contributed by atoms with Crippen LogP contribution in [0.2, 0.25) is 0 Å². The van der Waals surface area contributed by atoms with Crippen LogP contribution in [0.1, 0.15) is 45.6 Å². The van der Waals surface area contributed by atoms with Crippen molar-refractivity contribution in [3.8, 4) is 0 Å². The Morgan fingerprint density at radius 2 is 1.90 bits per heavy atom. The molecule has 1 rings (SSSR count). The number of nitrogens with two attached hydrogens (primary N) is 1. The maximum atomic E-state index is 13.9.